The zero-order valence-corrected chi connectivity index (χ0v) is 19.2. The largest absolute Gasteiger partial charge is 0.326 e. The number of rotatable bonds is 7. The molecule has 2 atom stereocenters. The number of carbonyl (C=O) groups is 2. The van der Waals surface area contributed by atoms with E-state index < -0.39 is 0 Å². The quantitative estimate of drug-likeness (QED) is 0.584. The molecular weight excluding hydrogens is 374 g/mol. The second kappa shape index (κ2) is 9.90. The Morgan fingerprint density at radius 1 is 0.800 bits per heavy atom. The van der Waals surface area contributed by atoms with Crippen molar-refractivity contribution in [3.05, 3.63) is 59.7 Å². The van der Waals surface area contributed by atoms with Crippen molar-refractivity contribution >= 4 is 23.2 Å². The number of nitrogens with one attached hydrogen (secondary N) is 3. The third kappa shape index (κ3) is 6.70. The predicted octanol–water partition coefficient (Wildman–Crippen LogP) is 5.26. The molecule has 0 aromatic heterocycles. The molecule has 5 nitrogen and oxygen atoms in total. The number of amides is 2. The van der Waals surface area contributed by atoms with Crippen LogP contribution in [0.15, 0.2) is 48.5 Å². The van der Waals surface area contributed by atoms with E-state index in [-0.39, 0.29) is 29.3 Å². The highest BCUT2D eigenvalue weighted by Crippen LogP contribution is 2.27. The first-order valence-corrected chi connectivity index (χ1v) is 10.5. The average Bonchev–Trinajstić information content (AvgIpc) is 2.66. The van der Waals surface area contributed by atoms with Crippen LogP contribution >= 0.6 is 0 Å². The van der Waals surface area contributed by atoms with Crippen LogP contribution in [-0.4, -0.2) is 17.9 Å². The van der Waals surface area contributed by atoms with Gasteiger partial charge in [-0.1, -0.05) is 58.9 Å². The van der Waals surface area contributed by atoms with Gasteiger partial charge in [0, 0.05) is 24.3 Å². The fourth-order valence-corrected chi connectivity index (χ4v) is 3.30. The van der Waals surface area contributed by atoms with Crippen LogP contribution in [0.5, 0.6) is 0 Å². The molecule has 0 saturated carbocycles. The third-order valence-corrected chi connectivity index (χ3v) is 5.10. The summed E-state index contributed by atoms with van der Waals surface area (Å²) in [6, 6.07) is 15.5. The molecular formula is C25H35N3O2. The molecule has 0 aliphatic carbocycles. The van der Waals surface area contributed by atoms with Gasteiger partial charge < -0.3 is 10.6 Å². The molecule has 0 heterocycles. The van der Waals surface area contributed by atoms with E-state index in [2.05, 4.69) is 74.8 Å². The first-order valence-electron chi connectivity index (χ1n) is 10.5. The first kappa shape index (κ1) is 23.6. The molecule has 2 aromatic carbocycles. The van der Waals surface area contributed by atoms with E-state index in [1.54, 1.807) is 24.3 Å². The average molecular weight is 410 g/mol. The molecule has 30 heavy (non-hydrogen) atoms. The Hall–Kier alpha value is -2.66. The molecule has 2 amide bonds. The SMILES string of the molecule is CC(=O)Nc1ccc(NC(=O)[C@H](C)N[C@H](c2ccc(C(C)(C)C)cc2)C(C)C)cc1. The monoisotopic (exact) mass is 409 g/mol. The van der Waals surface area contributed by atoms with Gasteiger partial charge in [-0.3, -0.25) is 14.9 Å². The number of hydrogen-bond acceptors (Lipinski definition) is 3. The van der Waals surface area contributed by atoms with Crippen LogP contribution in [0.4, 0.5) is 11.4 Å². The Balaban J connectivity index is 2.04. The van der Waals surface area contributed by atoms with E-state index in [9.17, 15) is 9.59 Å². The smallest absolute Gasteiger partial charge is 0.241 e. The molecule has 0 saturated heterocycles. The minimum Gasteiger partial charge on any atom is -0.326 e. The number of carbonyl (C=O) groups excluding carboxylic acids is 2. The molecule has 0 radical (unpaired) electrons. The molecule has 0 fully saturated rings. The topological polar surface area (TPSA) is 70.2 Å². The summed E-state index contributed by atoms with van der Waals surface area (Å²) >= 11 is 0. The van der Waals surface area contributed by atoms with Crippen molar-refractivity contribution in [2.75, 3.05) is 10.6 Å². The van der Waals surface area contributed by atoms with E-state index in [4.69, 9.17) is 0 Å². The number of benzene rings is 2. The third-order valence-electron chi connectivity index (χ3n) is 5.10. The van der Waals surface area contributed by atoms with Crippen molar-refractivity contribution in [3.8, 4) is 0 Å². The van der Waals surface area contributed by atoms with E-state index in [0.717, 1.165) is 0 Å². The van der Waals surface area contributed by atoms with Crippen LogP contribution in [0.25, 0.3) is 0 Å². The van der Waals surface area contributed by atoms with Gasteiger partial charge in [-0.2, -0.15) is 0 Å². The predicted molar refractivity (Wildman–Crippen MR) is 125 cm³/mol. The normalized spacial score (nSPS) is 13.6. The highest BCUT2D eigenvalue weighted by atomic mass is 16.2. The standard InChI is InChI=1S/C25H35N3O2/c1-16(2)23(19-8-10-20(11-9-19)25(5,6)7)26-17(3)24(30)28-22-14-12-21(13-15-22)27-18(4)29/h8-17,23,26H,1-7H3,(H,27,29)(H,28,30)/t17-,23-/m0/s1. The Kier molecular flexibility index (Phi) is 7.79. The number of hydrogen-bond donors (Lipinski definition) is 3. The zero-order chi connectivity index (χ0) is 22.5. The summed E-state index contributed by atoms with van der Waals surface area (Å²) in [5.41, 5.74) is 3.98. The highest BCUT2D eigenvalue weighted by molar-refractivity contribution is 5.95. The van der Waals surface area contributed by atoms with E-state index >= 15 is 0 Å². The van der Waals surface area contributed by atoms with Crippen LogP contribution in [-0.2, 0) is 15.0 Å². The lowest BCUT2D eigenvalue weighted by molar-refractivity contribution is -0.118. The van der Waals surface area contributed by atoms with E-state index in [1.807, 2.05) is 6.92 Å². The van der Waals surface area contributed by atoms with Crippen LogP contribution in [0.3, 0.4) is 0 Å². The molecule has 0 spiro atoms. The van der Waals surface area contributed by atoms with Gasteiger partial charge >= 0.3 is 0 Å². The van der Waals surface area contributed by atoms with Crippen molar-refractivity contribution in [3.63, 3.8) is 0 Å². The Morgan fingerprint density at radius 2 is 1.30 bits per heavy atom. The number of anilines is 2. The summed E-state index contributed by atoms with van der Waals surface area (Å²) in [4.78, 5) is 23.8. The summed E-state index contributed by atoms with van der Waals surface area (Å²) in [5, 5.41) is 9.13. The second-order valence-corrected chi connectivity index (χ2v) is 9.23. The van der Waals surface area contributed by atoms with Gasteiger partial charge in [0.25, 0.3) is 0 Å². The second-order valence-electron chi connectivity index (χ2n) is 9.23. The zero-order valence-electron chi connectivity index (χ0n) is 19.2. The lowest BCUT2D eigenvalue weighted by Gasteiger charge is -2.27. The van der Waals surface area contributed by atoms with Gasteiger partial charge in [-0.25, -0.2) is 0 Å². The fourth-order valence-electron chi connectivity index (χ4n) is 3.30. The van der Waals surface area contributed by atoms with Crippen molar-refractivity contribution in [1.82, 2.24) is 5.32 Å². The summed E-state index contributed by atoms with van der Waals surface area (Å²) < 4.78 is 0. The molecule has 2 rings (SSSR count). The van der Waals surface area contributed by atoms with Crippen LogP contribution in [0.1, 0.15) is 65.6 Å². The van der Waals surface area contributed by atoms with Gasteiger partial charge in [0.05, 0.1) is 6.04 Å². The van der Waals surface area contributed by atoms with E-state index in [1.165, 1.54) is 18.1 Å². The molecule has 0 unspecified atom stereocenters. The maximum atomic E-state index is 12.7. The molecule has 162 valence electrons. The summed E-state index contributed by atoms with van der Waals surface area (Å²) in [5.74, 6) is 0.108. The van der Waals surface area contributed by atoms with Gasteiger partial charge in [0.1, 0.15) is 0 Å². The van der Waals surface area contributed by atoms with Crippen molar-refractivity contribution < 1.29 is 9.59 Å². The molecule has 0 bridgehead atoms. The minimum atomic E-state index is -0.366. The van der Waals surface area contributed by atoms with Crippen molar-refractivity contribution in [2.45, 2.75) is 66.0 Å². The van der Waals surface area contributed by atoms with Gasteiger partial charge in [0.2, 0.25) is 11.8 Å². The summed E-state index contributed by atoms with van der Waals surface area (Å²) in [7, 11) is 0. The van der Waals surface area contributed by atoms with Crippen LogP contribution in [0.2, 0.25) is 0 Å². The summed E-state index contributed by atoms with van der Waals surface area (Å²) in [6.07, 6.45) is 0. The maximum absolute atomic E-state index is 12.7. The lowest BCUT2D eigenvalue weighted by atomic mass is 9.85. The summed E-state index contributed by atoms with van der Waals surface area (Å²) in [6.45, 7) is 14.3. The van der Waals surface area contributed by atoms with Crippen LogP contribution in [0, 0.1) is 5.92 Å². The maximum Gasteiger partial charge on any atom is 0.241 e. The van der Waals surface area contributed by atoms with Crippen molar-refractivity contribution in [1.29, 1.82) is 0 Å². The molecule has 0 aliphatic heterocycles. The van der Waals surface area contributed by atoms with E-state index in [0.29, 0.717) is 17.3 Å². The fraction of sp³-hybridized carbons (Fsp3) is 0.440. The lowest BCUT2D eigenvalue weighted by Crippen LogP contribution is -2.41. The molecule has 2 aromatic rings. The van der Waals surface area contributed by atoms with Crippen LogP contribution < -0.4 is 16.0 Å². The van der Waals surface area contributed by atoms with Crippen molar-refractivity contribution in [2.24, 2.45) is 5.92 Å². The Bertz CT molecular complexity index is 849. The molecule has 5 heteroatoms. The van der Waals surface area contributed by atoms with Gasteiger partial charge in [-0.15, -0.1) is 0 Å². The minimum absolute atomic E-state index is 0.0712. The highest BCUT2D eigenvalue weighted by Gasteiger charge is 2.22. The Labute approximate surface area is 180 Å². The van der Waals surface area contributed by atoms with Gasteiger partial charge in [-0.05, 0) is 53.6 Å². The Morgan fingerprint density at radius 3 is 1.73 bits per heavy atom. The molecule has 0 aliphatic rings. The first-order chi connectivity index (χ1) is 14.0. The van der Waals surface area contributed by atoms with Gasteiger partial charge in [0.15, 0.2) is 0 Å². The molecule has 3 N–H and O–H groups in total.